The summed E-state index contributed by atoms with van der Waals surface area (Å²) in [6, 6.07) is -4.13. The summed E-state index contributed by atoms with van der Waals surface area (Å²) in [6.45, 7) is -0.179. The Morgan fingerprint density at radius 3 is 1.89 bits per heavy atom. The van der Waals surface area contributed by atoms with Crippen LogP contribution in [0.4, 0.5) is 0 Å². The minimum Gasteiger partial charge on any atom is -0.396 e. The molecule has 1 aliphatic carbocycles. The van der Waals surface area contributed by atoms with E-state index >= 15 is 0 Å². The highest BCUT2D eigenvalue weighted by atomic mass is 16.8. The van der Waals surface area contributed by atoms with E-state index in [0.717, 1.165) is 0 Å². The van der Waals surface area contributed by atoms with Crippen LogP contribution in [-0.4, -0.2) is 178 Å². The van der Waals surface area contributed by atoms with Gasteiger partial charge in [-0.25, -0.2) is 0 Å². The molecule has 268 valence electrons. The van der Waals surface area contributed by atoms with Crippen molar-refractivity contribution >= 4 is 5.91 Å². The van der Waals surface area contributed by atoms with Gasteiger partial charge in [-0.15, -0.1) is 0 Å². The third-order valence-corrected chi connectivity index (χ3v) is 9.09. The molecule has 0 bridgehead atoms. The Morgan fingerprint density at radius 1 is 0.696 bits per heavy atom. The summed E-state index contributed by atoms with van der Waals surface area (Å²) in [5.41, 5.74) is 30.5. The molecule has 3 saturated heterocycles. The number of aliphatic hydroxyl groups is 7. The molecule has 9 unspecified atom stereocenters. The molecule has 0 radical (unpaired) electrons. The van der Waals surface area contributed by atoms with Crippen LogP contribution in [0, 0.1) is 5.92 Å². The maximum atomic E-state index is 11.7. The standard InChI is InChI=1S/C26H50N6O14/c1-7(35)32-4-12-22(45-24-14(30)8(5-33)16(36)11(3-27)41-24)20(40)26(42-12)46-23-17(37)9(28)2-10(29)21(23)44-25-15(31)19(39)18(38)13(6-34)43-25/h8-26,33-34,36-40H,2-6,27-31H2,1H3,(H,32,35)/t8?,9-,10?,11?,12-,13?,14?,15?,16+,17?,18-,19?,20+,21-,22+,23?,24-,25-,26+/m1/s1. The molecule has 19 atom stereocenters. The molecule has 0 aromatic rings. The number of carbonyl (C=O) groups excluding carboxylic acids is 1. The molecule has 0 aromatic heterocycles. The summed E-state index contributed by atoms with van der Waals surface area (Å²) in [5.74, 6) is -1.28. The number of rotatable bonds is 11. The number of ether oxygens (including phenoxy) is 6. The molecule has 1 amide bonds. The van der Waals surface area contributed by atoms with Crippen LogP contribution in [0.2, 0.25) is 0 Å². The number of carbonyl (C=O) groups is 1. The topological polar surface area (TPSA) is 356 Å². The number of hydrogen-bond donors (Lipinski definition) is 13. The molecule has 20 heteroatoms. The third-order valence-electron chi connectivity index (χ3n) is 9.09. The Morgan fingerprint density at radius 2 is 1.28 bits per heavy atom. The van der Waals surface area contributed by atoms with Gasteiger partial charge in [-0.3, -0.25) is 4.79 Å². The zero-order valence-electron chi connectivity index (χ0n) is 25.4. The van der Waals surface area contributed by atoms with Crippen LogP contribution in [-0.2, 0) is 33.2 Å². The average Bonchev–Trinajstić information content (AvgIpc) is 3.31. The minimum atomic E-state index is -1.60. The normalized spacial score (nSPS) is 50.0. The van der Waals surface area contributed by atoms with E-state index in [-0.39, 0.29) is 19.5 Å². The highest BCUT2D eigenvalue weighted by Crippen LogP contribution is 2.35. The quantitative estimate of drug-likeness (QED) is 0.0970. The maximum absolute atomic E-state index is 11.7. The Kier molecular flexibility index (Phi) is 13.0. The highest BCUT2D eigenvalue weighted by molar-refractivity contribution is 5.72. The second kappa shape index (κ2) is 16.0. The van der Waals surface area contributed by atoms with Gasteiger partial charge in [0.2, 0.25) is 5.91 Å². The fourth-order valence-corrected chi connectivity index (χ4v) is 6.29. The van der Waals surface area contributed by atoms with Crippen molar-refractivity contribution in [1.29, 1.82) is 0 Å². The van der Waals surface area contributed by atoms with Crippen molar-refractivity contribution < 1.29 is 69.0 Å². The molecular formula is C26H50N6O14. The Labute approximate surface area is 264 Å². The number of hydrogen-bond acceptors (Lipinski definition) is 19. The molecule has 4 fully saturated rings. The number of nitrogens with one attached hydrogen (secondary N) is 1. The zero-order chi connectivity index (χ0) is 34.0. The maximum Gasteiger partial charge on any atom is 0.216 e. The molecule has 4 rings (SSSR count). The van der Waals surface area contributed by atoms with Gasteiger partial charge >= 0.3 is 0 Å². The second-order valence-electron chi connectivity index (χ2n) is 12.3. The molecule has 18 N–H and O–H groups in total. The Bertz CT molecular complexity index is 991. The fraction of sp³-hybridized carbons (Fsp3) is 0.962. The van der Waals surface area contributed by atoms with E-state index in [9.17, 15) is 40.5 Å². The lowest BCUT2D eigenvalue weighted by Crippen LogP contribution is -2.68. The molecule has 1 saturated carbocycles. The minimum absolute atomic E-state index is 0.0598. The van der Waals surface area contributed by atoms with Crippen molar-refractivity contribution in [3.05, 3.63) is 0 Å². The van der Waals surface area contributed by atoms with Gasteiger partial charge in [0.1, 0.15) is 48.8 Å². The number of amides is 1. The Hall–Kier alpha value is -1.25. The van der Waals surface area contributed by atoms with Crippen molar-refractivity contribution in [3.63, 3.8) is 0 Å². The first-order valence-electron chi connectivity index (χ1n) is 15.3. The van der Waals surface area contributed by atoms with E-state index in [1.54, 1.807) is 0 Å². The van der Waals surface area contributed by atoms with Crippen molar-refractivity contribution in [3.8, 4) is 0 Å². The van der Waals surface area contributed by atoms with Crippen LogP contribution in [0.1, 0.15) is 13.3 Å². The van der Waals surface area contributed by atoms with Gasteiger partial charge in [0.15, 0.2) is 18.9 Å². The average molecular weight is 671 g/mol. The van der Waals surface area contributed by atoms with Gasteiger partial charge in [0.25, 0.3) is 0 Å². The van der Waals surface area contributed by atoms with Gasteiger partial charge in [0, 0.05) is 38.0 Å². The lowest BCUT2D eigenvalue weighted by Gasteiger charge is -2.47. The lowest BCUT2D eigenvalue weighted by molar-refractivity contribution is -0.310. The number of aliphatic hydroxyl groups excluding tert-OH is 7. The van der Waals surface area contributed by atoms with Gasteiger partial charge < -0.3 is 98.2 Å². The van der Waals surface area contributed by atoms with Crippen LogP contribution in [0.15, 0.2) is 0 Å². The van der Waals surface area contributed by atoms with Crippen molar-refractivity contribution in [2.24, 2.45) is 34.6 Å². The van der Waals surface area contributed by atoms with E-state index in [0.29, 0.717) is 0 Å². The SMILES string of the molecule is CC(=O)NC[C@H]1O[C@@H](OC2C(O)[C@H](N)CC(N)[C@H]2O[C@H]2OC(CO)[C@@H](O)C(O)C2N)[C@@H](O)[C@H]1O[C@H]1OC(CN)[C@@H](O)C(CO)C1N. The van der Waals surface area contributed by atoms with Gasteiger partial charge in [0.05, 0.1) is 43.6 Å². The third kappa shape index (κ3) is 7.80. The lowest BCUT2D eigenvalue weighted by atomic mass is 9.84. The van der Waals surface area contributed by atoms with Crippen LogP contribution in [0.25, 0.3) is 0 Å². The summed E-state index contributed by atoms with van der Waals surface area (Å²) in [7, 11) is 0. The van der Waals surface area contributed by atoms with Crippen molar-refractivity contribution in [1.82, 2.24) is 5.32 Å². The van der Waals surface area contributed by atoms with Crippen molar-refractivity contribution in [2.75, 3.05) is 26.3 Å². The first-order valence-corrected chi connectivity index (χ1v) is 15.3. The van der Waals surface area contributed by atoms with E-state index in [4.69, 9.17) is 57.1 Å². The predicted octanol–water partition coefficient (Wildman–Crippen LogP) is -8.47. The summed E-state index contributed by atoms with van der Waals surface area (Å²) < 4.78 is 35.4. The zero-order valence-corrected chi connectivity index (χ0v) is 25.4. The molecule has 3 aliphatic heterocycles. The molecule has 0 spiro atoms. The summed E-state index contributed by atoms with van der Waals surface area (Å²) >= 11 is 0. The van der Waals surface area contributed by atoms with E-state index < -0.39 is 135 Å². The summed E-state index contributed by atoms with van der Waals surface area (Å²) in [5, 5.41) is 75.5. The Balaban J connectivity index is 1.55. The molecule has 4 aliphatic rings. The fourth-order valence-electron chi connectivity index (χ4n) is 6.29. The van der Waals surface area contributed by atoms with Crippen LogP contribution < -0.4 is 34.0 Å². The van der Waals surface area contributed by atoms with E-state index in [2.05, 4.69) is 5.32 Å². The van der Waals surface area contributed by atoms with Crippen molar-refractivity contribution in [2.45, 2.75) is 124 Å². The van der Waals surface area contributed by atoms with Crippen LogP contribution in [0.5, 0.6) is 0 Å². The predicted molar refractivity (Wildman–Crippen MR) is 153 cm³/mol. The molecule has 20 nitrogen and oxygen atoms in total. The van der Waals surface area contributed by atoms with Gasteiger partial charge in [-0.05, 0) is 6.42 Å². The molecule has 3 heterocycles. The first kappa shape index (κ1) is 37.6. The van der Waals surface area contributed by atoms with Crippen LogP contribution in [0.3, 0.4) is 0 Å². The van der Waals surface area contributed by atoms with Gasteiger partial charge in [-0.2, -0.15) is 0 Å². The number of nitrogens with two attached hydrogens (primary N) is 5. The van der Waals surface area contributed by atoms with Gasteiger partial charge in [-0.1, -0.05) is 0 Å². The monoisotopic (exact) mass is 670 g/mol. The molecule has 46 heavy (non-hydrogen) atoms. The largest absolute Gasteiger partial charge is 0.396 e. The van der Waals surface area contributed by atoms with E-state index in [1.807, 2.05) is 0 Å². The first-order chi connectivity index (χ1) is 21.7. The molecule has 0 aromatic carbocycles. The smallest absolute Gasteiger partial charge is 0.216 e. The highest BCUT2D eigenvalue weighted by Gasteiger charge is 2.54. The molecular weight excluding hydrogens is 620 g/mol. The van der Waals surface area contributed by atoms with Crippen LogP contribution >= 0.6 is 0 Å². The summed E-state index contributed by atoms with van der Waals surface area (Å²) in [4.78, 5) is 11.7. The van der Waals surface area contributed by atoms with E-state index in [1.165, 1.54) is 6.92 Å². The summed E-state index contributed by atoms with van der Waals surface area (Å²) in [6.07, 6.45) is -18.5. The second-order valence-corrected chi connectivity index (χ2v) is 12.3.